The van der Waals surface area contributed by atoms with Crippen molar-refractivity contribution in [1.82, 2.24) is 30.5 Å². The monoisotopic (exact) mass is 290 g/mol. The number of hydrogen-bond donors (Lipinski definition) is 1. The maximum atomic E-state index is 11.8. The summed E-state index contributed by atoms with van der Waals surface area (Å²) in [5.41, 5.74) is 0.841. The van der Waals surface area contributed by atoms with E-state index in [9.17, 15) is 4.79 Å². The Bertz CT molecular complexity index is 583. The highest BCUT2D eigenvalue weighted by Crippen LogP contribution is 2.36. The summed E-state index contributed by atoms with van der Waals surface area (Å²) in [7, 11) is 0. The summed E-state index contributed by atoms with van der Waals surface area (Å²) in [4.78, 5) is 15.9. The van der Waals surface area contributed by atoms with Gasteiger partial charge in [-0.25, -0.2) is 4.68 Å². The average Bonchev–Trinajstić information content (AvgIpc) is 3.22. The fourth-order valence-electron chi connectivity index (χ4n) is 1.70. The number of nitrogens with one attached hydrogen (secondary N) is 1. The van der Waals surface area contributed by atoms with E-state index in [2.05, 4.69) is 25.8 Å². The van der Waals surface area contributed by atoms with Crippen LogP contribution in [0.15, 0.2) is 29.6 Å². The number of thioether (sulfide) groups is 1. The Balaban J connectivity index is 1.46. The van der Waals surface area contributed by atoms with Gasteiger partial charge in [0.25, 0.3) is 0 Å². The zero-order valence-electron chi connectivity index (χ0n) is 10.8. The molecule has 1 fully saturated rings. The maximum Gasteiger partial charge on any atom is 0.230 e. The zero-order valence-corrected chi connectivity index (χ0v) is 11.6. The van der Waals surface area contributed by atoms with Crippen LogP contribution in [0.25, 0.3) is 0 Å². The smallest absolute Gasteiger partial charge is 0.230 e. The minimum Gasteiger partial charge on any atom is -0.350 e. The number of aromatic nitrogens is 5. The van der Waals surface area contributed by atoms with Crippen LogP contribution >= 0.6 is 11.8 Å². The SMILES string of the molecule is O=C(CSc1nnnn1C1CC1)NCc1ccccn1. The Morgan fingerprint density at radius 2 is 2.35 bits per heavy atom. The first-order chi connectivity index (χ1) is 9.83. The van der Waals surface area contributed by atoms with E-state index in [1.165, 1.54) is 11.8 Å². The summed E-state index contributed by atoms with van der Waals surface area (Å²) in [6.45, 7) is 0.438. The molecule has 0 atom stereocenters. The predicted molar refractivity (Wildman–Crippen MR) is 72.9 cm³/mol. The minimum atomic E-state index is -0.0500. The van der Waals surface area contributed by atoms with Crippen LogP contribution in [0, 0.1) is 0 Å². The van der Waals surface area contributed by atoms with Gasteiger partial charge in [-0.05, 0) is 35.4 Å². The molecular weight excluding hydrogens is 276 g/mol. The van der Waals surface area contributed by atoms with Gasteiger partial charge < -0.3 is 5.32 Å². The number of carbonyl (C=O) groups excluding carboxylic acids is 1. The number of pyridine rings is 1. The van der Waals surface area contributed by atoms with E-state index in [0.29, 0.717) is 23.5 Å². The molecule has 7 nitrogen and oxygen atoms in total. The van der Waals surface area contributed by atoms with Gasteiger partial charge in [-0.15, -0.1) is 5.10 Å². The van der Waals surface area contributed by atoms with Gasteiger partial charge in [0.05, 0.1) is 24.0 Å². The van der Waals surface area contributed by atoms with E-state index in [4.69, 9.17) is 0 Å². The topological polar surface area (TPSA) is 85.6 Å². The second-order valence-electron chi connectivity index (χ2n) is 4.52. The lowest BCUT2D eigenvalue weighted by Gasteiger charge is -2.04. The van der Waals surface area contributed by atoms with E-state index >= 15 is 0 Å². The normalized spacial score (nSPS) is 14.2. The fraction of sp³-hybridized carbons (Fsp3) is 0.417. The quantitative estimate of drug-likeness (QED) is 0.792. The molecule has 0 aliphatic heterocycles. The van der Waals surface area contributed by atoms with E-state index in [0.717, 1.165) is 18.5 Å². The van der Waals surface area contributed by atoms with Gasteiger partial charge in [0, 0.05) is 6.20 Å². The van der Waals surface area contributed by atoms with Crippen LogP contribution in [0.5, 0.6) is 0 Å². The van der Waals surface area contributed by atoms with Crippen LogP contribution in [0.3, 0.4) is 0 Å². The molecule has 1 N–H and O–H groups in total. The van der Waals surface area contributed by atoms with Crippen LogP contribution in [0.4, 0.5) is 0 Å². The maximum absolute atomic E-state index is 11.8. The molecule has 0 unspecified atom stereocenters. The number of hydrogen-bond acceptors (Lipinski definition) is 6. The first-order valence-corrected chi connectivity index (χ1v) is 7.39. The number of tetrazole rings is 1. The summed E-state index contributed by atoms with van der Waals surface area (Å²) >= 11 is 1.36. The van der Waals surface area contributed by atoms with Gasteiger partial charge in [0.1, 0.15) is 0 Å². The Kier molecular flexibility index (Phi) is 3.91. The highest BCUT2D eigenvalue weighted by Gasteiger charge is 2.28. The predicted octanol–water partition coefficient (Wildman–Crippen LogP) is 0.811. The van der Waals surface area contributed by atoms with Crippen molar-refractivity contribution in [1.29, 1.82) is 0 Å². The lowest BCUT2D eigenvalue weighted by molar-refractivity contribution is -0.118. The Hall–Kier alpha value is -1.96. The van der Waals surface area contributed by atoms with Gasteiger partial charge in [0.2, 0.25) is 11.1 Å². The second-order valence-corrected chi connectivity index (χ2v) is 5.47. The van der Waals surface area contributed by atoms with Gasteiger partial charge in [0.15, 0.2) is 0 Å². The van der Waals surface area contributed by atoms with Crippen LogP contribution < -0.4 is 5.32 Å². The average molecular weight is 290 g/mol. The van der Waals surface area contributed by atoms with Crippen molar-refractivity contribution in [2.75, 3.05) is 5.75 Å². The molecular formula is C12H14N6OS. The largest absolute Gasteiger partial charge is 0.350 e. The first kappa shape index (κ1) is 13.0. The molecule has 1 aliphatic rings. The van der Waals surface area contributed by atoms with E-state index < -0.39 is 0 Å². The molecule has 3 rings (SSSR count). The second kappa shape index (κ2) is 6.00. The Morgan fingerprint density at radius 1 is 1.45 bits per heavy atom. The van der Waals surface area contributed by atoms with Crippen molar-refractivity contribution < 1.29 is 4.79 Å². The molecule has 2 heterocycles. The zero-order chi connectivity index (χ0) is 13.8. The number of nitrogens with zero attached hydrogens (tertiary/aromatic N) is 5. The molecule has 0 spiro atoms. The minimum absolute atomic E-state index is 0.0500. The molecule has 0 aromatic carbocycles. The summed E-state index contributed by atoms with van der Waals surface area (Å²) in [5, 5.41) is 15.1. The van der Waals surface area contributed by atoms with Gasteiger partial charge in [-0.3, -0.25) is 9.78 Å². The molecule has 8 heteroatoms. The number of rotatable bonds is 6. The van der Waals surface area contributed by atoms with Gasteiger partial charge in [-0.2, -0.15) is 0 Å². The standard InChI is InChI=1S/C12H14N6OS/c19-11(14-7-9-3-1-2-6-13-9)8-20-12-15-16-17-18(12)10-4-5-10/h1-3,6,10H,4-5,7-8H2,(H,14,19). The van der Waals surface area contributed by atoms with E-state index in [1.54, 1.807) is 10.9 Å². The third-order valence-corrected chi connectivity index (χ3v) is 3.81. The molecule has 1 saturated carbocycles. The van der Waals surface area contributed by atoms with Crippen molar-refractivity contribution in [3.63, 3.8) is 0 Å². The molecule has 0 saturated heterocycles. The van der Waals surface area contributed by atoms with Crippen molar-refractivity contribution in [3.05, 3.63) is 30.1 Å². The fourth-order valence-corrected chi connectivity index (χ4v) is 2.48. The highest BCUT2D eigenvalue weighted by molar-refractivity contribution is 7.99. The molecule has 104 valence electrons. The molecule has 2 aromatic heterocycles. The van der Waals surface area contributed by atoms with Crippen molar-refractivity contribution in [2.45, 2.75) is 30.6 Å². The van der Waals surface area contributed by atoms with Crippen LogP contribution in [0.2, 0.25) is 0 Å². The number of amides is 1. The molecule has 1 amide bonds. The molecule has 2 aromatic rings. The molecule has 1 aliphatic carbocycles. The summed E-state index contributed by atoms with van der Waals surface area (Å²) in [5.74, 6) is 0.255. The first-order valence-electron chi connectivity index (χ1n) is 6.40. The molecule has 0 radical (unpaired) electrons. The van der Waals surface area contributed by atoms with Crippen LogP contribution in [-0.4, -0.2) is 36.9 Å². The lowest BCUT2D eigenvalue weighted by Crippen LogP contribution is -2.25. The van der Waals surface area contributed by atoms with Crippen LogP contribution in [-0.2, 0) is 11.3 Å². The lowest BCUT2D eigenvalue weighted by atomic mass is 10.3. The Labute approximate surface area is 120 Å². The number of carbonyl (C=O) groups is 1. The third-order valence-electron chi connectivity index (χ3n) is 2.88. The van der Waals surface area contributed by atoms with E-state index in [1.807, 2.05) is 18.2 Å². The van der Waals surface area contributed by atoms with Crippen molar-refractivity contribution >= 4 is 17.7 Å². The highest BCUT2D eigenvalue weighted by atomic mass is 32.2. The molecule has 0 bridgehead atoms. The van der Waals surface area contributed by atoms with Gasteiger partial charge in [-0.1, -0.05) is 17.8 Å². The van der Waals surface area contributed by atoms with Crippen molar-refractivity contribution in [2.24, 2.45) is 0 Å². The van der Waals surface area contributed by atoms with Gasteiger partial charge >= 0.3 is 0 Å². The van der Waals surface area contributed by atoms with Crippen LogP contribution in [0.1, 0.15) is 24.6 Å². The summed E-state index contributed by atoms with van der Waals surface area (Å²) < 4.78 is 1.80. The molecule has 20 heavy (non-hydrogen) atoms. The van der Waals surface area contributed by atoms with Crippen molar-refractivity contribution in [3.8, 4) is 0 Å². The van der Waals surface area contributed by atoms with E-state index in [-0.39, 0.29) is 5.91 Å². The summed E-state index contributed by atoms with van der Waals surface area (Å²) in [6.07, 6.45) is 3.94. The summed E-state index contributed by atoms with van der Waals surface area (Å²) in [6, 6.07) is 6.04. The Morgan fingerprint density at radius 3 is 3.10 bits per heavy atom. The third kappa shape index (κ3) is 3.32.